The first-order chi connectivity index (χ1) is 16.1. The number of nitrogens with zero attached hydrogens (tertiary/aromatic N) is 3. The van der Waals surface area contributed by atoms with Crippen molar-refractivity contribution in [1.82, 2.24) is 25.6 Å². The van der Waals surface area contributed by atoms with Gasteiger partial charge in [-0.05, 0) is 53.9 Å². The first-order valence-electron chi connectivity index (χ1n) is 10.8. The Morgan fingerprint density at radius 2 is 1.91 bits per heavy atom. The Kier molecular flexibility index (Phi) is 5.58. The molecule has 0 saturated carbocycles. The van der Waals surface area contributed by atoms with E-state index in [2.05, 4.69) is 38.1 Å². The van der Waals surface area contributed by atoms with Crippen molar-refractivity contribution >= 4 is 28.4 Å². The molecular weight excluding hydrogens is 416 g/mol. The predicted molar refractivity (Wildman–Crippen MR) is 128 cm³/mol. The Balaban J connectivity index is 1.45. The summed E-state index contributed by atoms with van der Waals surface area (Å²) >= 11 is 0. The molecule has 1 aliphatic heterocycles. The van der Waals surface area contributed by atoms with E-state index in [-0.39, 0.29) is 5.91 Å². The van der Waals surface area contributed by atoms with E-state index in [1.807, 2.05) is 24.3 Å². The standard InChI is InChI=1S/C25H24N6O2/c1-26-24(32)20-6-5-17(13-28-20)15-3-4-18-14-29-25(30-21(18)9-15)31-22-10-19-12-27-8-7-16(19)11-23(22)33-2/h3-6,9-11,13-14,27H,7-8,12H2,1-2H3,(H,26,32)(H,29,30,31). The highest BCUT2D eigenvalue weighted by atomic mass is 16.5. The van der Waals surface area contributed by atoms with E-state index in [4.69, 9.17) is 9.72 Å². The number of aromatic nitrogens is 3. The van der Waals surface area contributed by atoms with E-state index < -0.39 is 0 Å². The van der Waals surface area contributed by atoms with Crippen LogP contribution in [0.25, 0.3) is 22.0 Å². The van der Waals surface area contributed by atoms with Crippen LogP contribution in [-0.2, 0) is 13.0 Å². The van der Waals surface area contributed by atoms with Gasteiger partial charge in [-0.25, -0.2) is 9.97 Å². The summed E-state index contributed by atoms with van der Waals surface area (Å²) in [4.78, 5) is 25.2. The molecule has 0 spiro atoms. The fraction of sp³-hybridized carbons (Fsp3) is 0.200. The topological polar surface area (TPSA) is 101 Å². The molecule has 0 fully saturated rings. The molecule has 3 heterocycles. The molecule has 0 atom stereocenters. The smallest absolute Gasteiger partial charge is 0.269 e. The molecule has 2 aromatic carbocycles. The lowest BCUT2D eigenvalue weighted by Gasteiger charge is -2.20. The summed E-state index contributed by atoms with van der Waals surface area (Å²) in [6.07, 6.45) is 4.48. The molecule has 0 saturated heterocycles. The molecule has 166 valence electrons. The van der Waals surface area contributed by atoms with Gasteiger partial charge in [0, 0.05) is 36.9 Å². The normalized spacial score (nSPS) is 12.8. The van der Waals surface area contributed by atoms with Gasteiger partial charge in [0.2, 0.25) is 5.95 Å². The molecule has 8 nitrogen and oxygen atoms in total. The summed E-state index contributed by atoms with van der Waals surface area (Å²) in [6.45, 7) is 1.81. The van der Waals surface area contributed by atoms with Crippen LogP contribution in [0, 0.1) is 0 Å². The molecule has 33 heavy (non-hydrogen) atoms. The minimum atomic E-state index is -0.211. The maximum Gasteiger partial charge on any atom is 0.269 e. The summed E-state index contributed by atoms with van der Waals surface area (Å²) in [7, 11) is 3.26. The van der Waals surface area contributed by atoms with E-state index >= 15 is 0 Å². The number of rotatable bonds is 5. The zero-order valence-corrected chi connectivity index (χ0v) is 18.5. The van der Waals surface area contributed by atoms with Crippen molar-refractivity contribution in [3.63, 3.8) is 0 Å². The van der Waals surface area contributed by atoms with Gasteiger partial charge in [0.15, 0.2) is 0 Å². The molecule has 2 aromatic heterocycles. The second-order valence-electron chi connectivity index (χ2n) is 7.85. The average molecular weight is 441 g/mol. The summed E-state index contributed by atoms with van der Waals surface area (Å²) in [5.74, 6) is 1.06. The van der Waals surface area contributed by atoms with Gasteiger partial charge < -0.3 is 20.7 Å². The Bertz CT molecular complexity index is 1340. The number of hydrogen-bond donors (Lipinski definition) is 3. The highest BCUT2D eigenvalue weighted by Gasteiger charge is 2.15. The van der Waals surface area contributed by atoms with Gasteiger partial charge in [-0.1, -0.05) is 18.2 Å². The van der Waals surface area contributed by atoms with Crippen molar-refractivity contribution in [3.8, 4) is 16.9 Å². The zero-order chi connectivity index (χ0) is 22.8. The van der Waals surface area contributed by atoms with Crippen molar-refractivity contribution in [3.05, 3.63) is 71.7 Å². The molecule has 0 aliphatic carbocycles. The number of hydrogen-bond acceptors (Lipinski definition) is 7. The molecule has 8 heteroatoms. The zero-order valence-electron chi connectivity index (χ0n) is 18.5. The number of fused-ring (bicyclic) bond motifs is 2. The highest BCUT2D eigenvalue weighted by Crippen LogP contribution is 2.32. The second kappa shape index (κ2) is 8.84. The largest absolute Gasteiger partial charge is 0.495 e. The monoisotopic (exact) mass is 440 g/mol. The van der Waals surface area contributed by atoms with Crippen molar-refractivity contribution in [2.45, 2.75) is 13.0 Å². The van der Waals surface area contributed by atoms with Crippen LogP contribution in [0.1, 0.15) is 21.6 Å². The molecule has 1 amide bonds. The lowest BCUT2D eigenvalue weighted by molar-refractivity contribution is 0.0958. The average Bonchev–Trinajstić information content (AvgIpc) is 2.87. The predicted octanol–water partition coefficient (Wildman–Crippen LogP) is 3.45. The van der Waals surface area contributed by atoms with Crippen LogP contribution in [-0.4, -0.2) is 41.6 Å². The van der Waals surface area contributed by atoms with Gasteiger partial charge in [0.25, 0.3) is 5.91 Å². The van der Waals surface area contributed by atoms with Crippen molar-refractivity contribution in [1.29, 1.82) is 0 Å². The van der Waals surface area contributed by atoms with E-state index in [0.29, 0.717) is 11.6 Å². The number of benzene rings is 2. The van der Waals surface area contributed by atoms with Crippen LogP contribution < -0.4 is 20.7 Å². The van der Waals surface area contributed by atoms with Gasteiger partial charge in [0.05, 0.1) is 18.3 Å². The third-order valence-corrected chi connectivity index (χ3v) is 5.79. The molecule has 0 unspecified atom stereocenters. The number of carbonyl (C=O) groups excluding carboxylic acids is 1. The first-order valence-corrected chi connectivity index (χ1v) is 10.8. The molecular formula is C25H24N6O2. The third-order valence-electron chi connectivity index (χ3n) is 5.79. The van der Waals surface area contributed by atoms with Gasteiger partial charge in [-0.2, -0.15) is 0 Å². The summed E-state index contributed by atoms with van der Waals surface area (Å²) in [6, 6.07) is 13.7. The number of carbonyl (C=O) groups is 1. The molecule has 0 bridgehead atoms. The van der Waals surface area contributed by atoms with Crippen LogP contribution >= 0.6 is 0 Å². The van der Waals surface area contributed by atoms with Gasteiger partial charge in [-0.15, -0.1) is 0 Å². The van der Waals surface area contributed by atoms with Crippen LogP contribution in [0.3, 0.4) is 0 Å². The maximum absolute atomic E-state index is 11.7. The third kappa shape index (κ3) is 4.20. The minimum Gasteiger partial charge on any atom is -0.495 e. The van der Waals surface area contributed by atoms with Gasteiger partial charge >= 0.3 is 0 Å². The fourth-order valence-corrected chi connectivity index (χ4v) is 3.99. The quantitative estimate of drug-likeness (QED) is 0.437. The molecule has 5 rings (SSSR count). The molecule has 1 aliphatic rings. The second-order valence-corrected chi connectivity index (χ2v) is 7.85. The maximum atomic E-state index is 11.7. The lowest BCUT2D eigenvalue weighted by Crippen LogP contribution is -2.23. The number of nitrogens with one attached hydrogen (secondary N) is 3. The van der Waals surface area contributed by atoms with Crippen LogP contribution in [0.5, 0.6) is 5.75 Å². The molecule has 3 N–H and O–H groups in total. The van der Waals surface area contributed by atoms with Crippen LogP contribution in [0.15, 0.2) is 54.9 Å². The Morgan fingerprint density at radius 1 is 1.03 bits per heavy atom. The summed E-state index contributed by atoms with van der Waals surface area (Å²) in [5, 5.41) is 10.2. The number of amides is 1. The van der Waals surface area contributed by atoms with E-state index in [1.165, 1.54) is 11.1 Å². The number of ether oxygens (including phenoxy) is 1. The van der Waals surface area contributed by atoms with E-state index in [0.717, 1.165) is 53.0 Å². The van der Waals surface area contributed by atoms with E-state index in [9.17, 15) is 4.79 Å². The Morgan fingerprint density at radius 3 is 2.70 bits per heavy atom. The molecule has 0 radical (unpaired) electrons. The van der Waals surface area contributed by atoms with Gasteiger partial charge in [0.1, 0.15) is 11.4 Å². The van der Waals surface area contributed by atoms with Crippen molar-refractivity contribution in [2.24, 2.45) is 0 Å². The summed E-state index contributed by atoms with van der Waals surface area (Å²) < 4.78 is 5.61. The van der Waals surface area contributed by atoms with Crippen molar-refractivity contribution in [2.75, 3.05) is 26.0 Å². The summed E-state index contributed by atoms with van der Waals surface area (Å²) in [5.41, 5.74) is 6.44. The fourth-order valence-electron chi connectivity index (χ4n) is 3.99. The minimum absolute atomic E-state index is 0.211. The Hall–Kier alpha value is -4.04. The first kappa shape index (κ1) is 20.8. The van der Waals surface area contributed by atoms with Gasteiger partial charge in [-0.3, -0.25) is 9.78 Å². The SMILES string of the molecule is CNC(=O)c1ccc(-c2ccc3cnc(Nc4cc5c(cc4OC)CCNC5)nc3c2)cn1. The van der Waals surface area contributed by atoms with Crippen molar-refractivity contribution < 1.29 is 9.53 Å². The number of anilines is 2. The lowest BCUT2D eigenvalue weighted by atomic mass is 10.00. The number of methoxy groups -OCH3 is 1. The van der Waals surface area contributed by atoms with Crippen LogP contribution in [0.2, 0.25) is 0 Å². The molecule has 4 aromatic rings. The number of pyridine rings is 1. The van der Waals surface area contributed by atoms with E-state index in [1.54, 1.807) is 32.6 Å². The highest BCUT2D eigenvalue weighted by molar-refractivity contribution is 5.92. The Labute approximate surface area is 191 Å². The van der Waals surface area contributed by atoms with Crippen LogP contribution in [0.4, 0.5) is 11.6 Å².